The summed E-state index contributed by atoms with van der Waals surface area (Å²) in [6.45, 7) is 0.404. The number of aliphatic hydroxyl groups is 1. The predicted octanol–water partition coefficient (Wildman–Crippen LogP) is 1.03. The molecule has 2 rings (SSSR count). The molecule has 0 unspecified atom stereocenters. The summed E-state index contributed by atoms with van der Waals surface area (Å²) in [5.41, 5.74) is 1.04. The Kier molecular flexibility index (Phi) is 4.50. The van der Waals surface area contributed by atoms with E-state index in [2.05, 4.69) is 5.32 Å². The normalized spacial score (nSPS) is 14.7. The van der Waals surface area contributed by atoms with Gasteiger partial charge >= 0.3 is 0 Å². The second-order valence-electron chi connectivity index (χ2n) is 5.01. The zero-order valence-corrected chi connectivity index (χ0v) is 11.0. The maximum absolute atomic E-state index is 13.2. The van der Waals surface area contributed by atoms with Crippen molar-refractivity contribution in [3.05, 3.63) is 35.1 Å². The van der Waals surface area contributed by atoms with Crippen LogP contribution in [0.15, 0.2) is 18.2 Å². The Labute approximate surface area is 112 Å². The minimum Gasteiger partial charge on any atom is -0.392 e. The van der Waals surface area contributed by atoms with Gasteiger partial charge in [0.25, 0.3) is 0 Å². The quantitative estimate of drug-likeness (QED) is 0.808. The molecule has 1 saturated carbocycles. The molecule has 0 heterocycles. The van der Waals surface area contributed by atoms with Crippen LogP contribution in [0.1, 0.15) is 24.0 Å². The Hall–Kier alpha value is -1.46. The topological polar surface area (TPSA) is 52.6 Å². The highest BCUT2D eigenvalue weighted by Crippen LogP contribution is 2.24. The van der Waals surface area contributed by atoms with Gasteiger partial charge in [-0.25, -0.2) is 4.39 Å². The fourth-order valence-corrected chi connectivity index (χ4v) is 1.99. The van der Waals surface area contributed by atoms with Crippen molar-refractivity contribution in [3.63, 3.8) is 0 Å². The Morgan fingerprint density at radius 2 is 2.26 bits per heavy atom. The molecule has 104 valence electrons. The van der Waals surface area contributed by atoms with E-state index in [9.17, 15) is 9.18 Å². The molecule has 0 spiro atoms. The summed E-state index contributed by atoms with van der Waals surface area (Å²) in [6, 6.07) is 5.04. The molecule has 2 N–H and O–H groups in total. The molecule has 1 aromatic rings. The van der Waals surface area contributed by atoms with E-state index >= 15 is 0 Å². The third-order valence-electron chi connectivity index (χ3n) is 3.33. The van der Waals surface area contributed by atoms with Crippen LogP contribution in [0, 0.1) is 5.82 Å². The van der Waals surface area contributed by atoms with E-state index in [1.165, 1.54) is 18.9 Å². The number of carbonyl (C=O) groups is 1. The van der Waals surface area contributed by atoms with Crippen LogP contribution < -0.4 is 5.32 Å². The van der Waals surface area contributed by atoms with Crippen LogP contribution >= 0.6 is 0 Å². The molecule has 0 atom stereocenters. The van der Waals surface area contributed by atoms with Crippen molar-refractivity contribution < 1.29 is 14.3 Å². The molecule has 0 aliphatic heterocycles. The minimum absolute atomic E-state index is 0.0377. The van der Waals surface area contributed by atoms with Crippen molar-refractivity contribution in [1.29, 1.82) is 0 Å². The lowest BCUT2D eigenvalue weighted by atomic mass is 10.1. The van der Waals surface area contributed by atoms with E-state index in [-0.39, 0.29) is 18.1 Å². The van der Waals surface area contributed by atoms with E-state index in [1.807, 2.05) is 11.9 Å². The van der Waals surface area contributed by atoms with Crippen molar-refractivity contribution in [1.82, 2.24) is 10.2 Å². The number of rotatable bonds is 6. The lowest BCUT2D eigenvalue weighted by molar-refractivity contribution is -0.122. The summed E-state index contributed by atoms with van der Waals surface area (Å²) in [4.78, 5) is 13.7. The number of benzene rings is 1. The summed E-state index contributed by atoms with van der Waals surface area (Å²) < 4.78 is 13.2. The number of nitrogens with zero attached hydrogens (tertiary/aromatic N) is 1. The molecule has 1 aliphatic rings. The van der Waals surface area contributed by atoms with Gasteiger partial charge in [0.15, 0.2) is 0 Å². The fourth-order valence-electron chi connectivity index (χ4n) is 1.99. The number of amides is 1. The molecular weight excluding hydrogens is 247 g/mol. The predicted molar refractivity (Wildman–Crippen MR) is 69.8 cm³/mol. The van der Waals surface area contributed by atoms with E-state index in [0.29, 0.717) is 19.1 Å². The standard InChI is InChI=1S/C14H19FN2O2/c1-17(12-3-4-12)8-14(19)16-7-10-2-5-13(15)11(6-10)9-18/h2,5-6,12,18H,3-4,7-9H2,1H3,(H,16,19). The van der Waals surface area contributed by atoms with Crippen LogP contribution in [0.5, 0.6) is 0 Å². The van der Waals surface area contributed by atoms with Gasteiger partial charge in [-0.05, 0) is 37.6 Å². The third kappa shape index (κ3) is 4.01. The van der Waals surface area contributed by atoms with Gasteiger partial charge in [0.1, 0.15) is 5.82 Å². The Bertz CT molecular complexity index is 461. The maximum atomic E-state index is 13.2. The monoisotopic (exact) mass is 266 g/mol. The van der Waals surface area contributed by atoms with Crippen molar-refractivity contribution in [3.8, 4) is 0 Å². The first-order chi connectivity index (χ1) is 9.10. The molecular formula is C14H19FN2O2. The molecule has 0 saturated heterocycles. The summed E-state index contributed by atoms with van der Waals surface area (Å²) in [7, 11) is 1.94. The zero-order chi connectivity index (χ0) is 13.8. The molecule has 5 heteroatoms. The van der Waals surface area contributed by atoms with Crippen LogP contribution in [0.2, 0.25) is 0 Å². The molecule has 0 bridgehead atoms. The zero-order valence-electron chi connectivity index (χ0n) is 11.0. The van der Waals surface area contributed by atoms with Gasteiger partial charge in [-0.1, -0.05) is 6.07 Å². The van der Waals surface area contributed by atoms with Crippen molar-refractivity contribution in [2.24, 2.45) is 0 Å². The average molecular weight is 266 g/mol. The van der Waals surface area contributed by atoms with E-state index < -0.39 is 5.82 Å². The molecule has 0 aromatic heterocycles. The van der Waals surface area contributed by atoms with E-state index in [4.69, 9.17) is 5.11 Å². The van der Waals surface area contributed by atoms with E-state index in [0.717, 1.165) is 5.56 Å². The lowest BCUT2D eigenvalue weighted by Gasteiger charge is -2.15. The molecule has 4 nitrogen and oxygen atoms in total. The molecule has 1 amide bonds. The van der Waals surface area contributed by atoms with Crippen molar-refractivity contribution in [2.75, 3.05) is 13.6 Å². The molecule has 1 fully saturated rings. The van der Waals surface area contributed by atoms with Crippen LogP contribution in [-0.2, 0) is 17.9 Å². The van der Waals surface area contributed by atoms with Crippen LogP contribution in [-0.4, -0.2) is 35.5 Å². The SMILES string of the molecule is CN(CC(=O)NCc1ccc(F)c(CO)c1)C1CC1. The fraction of sp³-hybridized carbons (Fsp3) is 0.500. The minimum atomic E-state index is -0.425. The van der Waals surface area contributed by atoms with Gasteiger partial charge in [0.2, 0.25) is 5.91 Å². The summed E-state index contributed by atoms with van der Waals surface area (Å²) in [6.07, 6.45) is 2.34. The lowest BCUT2D eigenvalue weighted by Crippen LogP contribution is -2.35. The van der Waals surface area contributed by atoms with Crippen LogP contribution in [0.4, 0.5) is 4.39 Å². The first kappa shape index (κ1) is 14.0. The van der Waals surface area contributed by atoms with Gasteiger partial charge in [0.05, 0.1) is 13.2 Å². The van der Waals surface area contributed by atoms with Gasteiger partial charge in [-0.15, -0.1) is 0 Å². The maximum Gasteiger partial charge on any atom is 0.234 e. The Morgan fingerprint density at radius 3 is 2.89 bits per heavy atom. The smallest absolute Gasteiger partial charge is 0.234 e. The van der Waals surface area contributed by atoms with Gasteiger partial charge in [0, 0.05) is 18.2 Å². The van der Waals surface area contributed by atoms with Crippen LogP contribution in [0.25, 0.3) is 0 Å². The number of hydrogen-bond donors (Lipinski definition) is 2. The Morgan fingerprint density at radius 1 is 1.53 bits per heavy atom. The first-order valence-corrected chi connectivity index (χ1v) is 6.45. The number of nitrogens with one attached hydrogen (secondary N) is 1. The van der Waals surface area contributed by atoms with Crippen molar-refractivity contribution >= 4 is 5.91 Å². The molecule has 1 aromatic carbocycles. The summed E-state index contributed by atoms with van der Waals surface area (Å²) >= 11 is 0. The molecule has 1 aliphatic carbocycles. The summed E-state index contributed by atoms with van der Waals surface area (Å²) in [5, 5.41) is 11.8. The number of hydrogen-bond acceptors (Lipinski definition) is 3. The second-order valence-corrected chi connectivity index (χ2v) is 5.01. The summed E-state index contributed by atoms with van der Waals surface area (Å²) in [5.74, 6) is -0.463. The highest BCUT2D eigenvalue weighted by Gasteiger charge is 2.27. The molecule has 19 heavy (non-hydrogen) atoms. The number of halogens is 1. The second kappa shape index (κ2) is 6.12. The first-order valence-electron chi connectivity index (χ1n) is 6.45. The Balaban J connectivity index is 1.82. The van der Waals surface area contributed by atoms with Gasteiger partial charge < -0.3 is 10.4 Å². The van der Waals surface area contributed by atoms with E-state index in [1.54, 1.807) is 12.1 Å². The number of aliphatic hydroxyl groups excluding tert-OH is 1. The van der Waals surface area contributed by atoms with Gasteiger partial charge in [-0.3, -0.25) is 9.69 Å². The number of carbonyl (C=O) groups excluding carboxylic acids is 1. The largest absolute Gasteiger partial charge is 0.392 e. The third-order valence-corrected chi connectivity index (χ3v) is 3.33. The average Bonchev–Trinajstić information content (AvgIpc) is 3.22. The number of likely N-dealkylation sites (N-methyl/N-ethyl adjacent to an activating group) is 1. The highest BCUT2D eigenvalue weighted by atomic mass is 19.1. The highest BCUT2D eigenvalue weighted by molar-refractivity contribution is 5.78. The van der Waals surface area contributed by atoms with Gasteiger partial charge in [-0.2, -0.15) is 0 Å². The van der Waals surface area contributed by atoms with Crippen LogP contribution in [0.3, 0.4) is 0 Å². The van der Waals surface area contributed by atoms with Crippen molar-refractivity contribution in [2.45, 2.75) is 32.0 Å². The molecule has 0 radical (unpaired) electrons.